The number of hydrogen-bond acceptors (Lipinski definition) is 3. The quantitative estimate of drug-likeness (QED) is 0.740. The number of methoxy groups -OCH3 is 1. The molecule has 0 unspecified atom stereocenters. The first-order chi connectivity index (χ1) is 6.72. The number of benzene rings is 1. The van der Waals surface area contributed by atoms with Crippen LogP contribution in [0.15, 0.2) is 18.2 Å². The van der Waals surface area contributed by atoms with Gasteiger partial charge in [-0.05, 0) is 18.9 Å². The Hall–Kier alpha value is -1.51. The molecule has 1 N–H and O–H groups in total. The van der Waals surface area contributed by atoms with Gasteiger partial charge in [-0.1, -0.05) is 6.07 Å². The molecule has 0 amide bonds. The second-order valence-electron chi connectivity index (χ2n) is 3.66. The molecule has 1 saturated carbocycles. The van der Waals surface area contributed by atoms with Crippen molar-refractivity contribution in [2.24, 2.45) is 0 Å². The normalized spacial score (nSPS) is 17.5. The van der Waals surface area contributed by atoms with E-state index in [2.05, 4.69) is 0 Å². The highest BCUT2D eigenvalue weighted by atomic mass is 16.5. The minimum absolute atomic E-state index is 0.147. The van der Waals surface area contributed by atoms with Crippen LogP contribution in [0, 0.1) is 0 Å². The van der Waals surface area contributed by atoms with E-state index in [1.807, 2.05) is 0 Å². The second-order valence-corrected chi connectivity index (χ2v) is 3.66. The van der Waals surface area contributed by atoms with Gasteiger partial charge in [0.25, 0.3) is 0 Å². The fourth-order valence-corrected chi connectivity index (χ4v) is 1.64. The number of phenols is 1. The monoisotopic (exact) mass is 192 g/mol. The van der Waals surface area contributed by atoms with E-state index in [4.69, 9.17) is 4.74 Å². The molecule has 3 nitrogen and oxygen atoms in total. The molecule has 2 rings (SSSR count). The molecule has 14 heavy (non-hydrogen) atoms. The summed E-state index contributed by atoms with van der Waals surface area (Å²) in [6.45, 7) is 0. The number of rotatable bonds is 3. The summed E-state index contributed by atoms with van der Waals surface area (Å²) in [5.74, 6) is 0.752. The minimum Gasteiger partial charge on any atom is -0.507 e. The van der Waals surface area contributed by atoms with Crippen molar-refractivity contribution in [2.75, 3.05) is 7.11 Å². The topological polar surface area (TPSA) is 46.5 Å². The molecule has 1 aliphatic rings. The molecule has 1 aromatic carbocycles. The third-order valence-corrected chi connectivity index (χ3v) is 2.76. The maximum Gasteiger partial charge on any atom is 0.130 e. The van der Waals surface area contributed by atoms with Gasteiger partial charge in [-0.2, -0.15) is 0 Å². The fourth-order valence-electron chi connectivity index (χ4n) is 1.64. The summed E-state index contributed by atoms with van der Waals surface area (Å²) < 4.78 is 4.97. The van der Waals surface area contributed by atoms with Gasteiger partial charge in [0.05, 0.1) is 12.5 Å². The summed E-state index contributed by atoms with van der Waals surface area (Å²) in [7, 11) is 1.54. The molecule has 0 aliphatic heterocycles. The summed E-state index contributed by atoms with van der Waals surface area (Å²) in [5.41, 5.74) is 0.296. The van der Waals surface area contributed by atoms with Gasteiger partial charge in [-0.25, -0.2) is 0 Å². The lowest BCUT2D eigenvalue weighted by molar-refractivity contribution is -0.109. The van der Waals surface area contributed by atoms with E-state index in [9.17, 15) is 9.90 Å². The smallest absolute Gasteiger partial charge is 0.130 e. The third-order valence-electron chi connectivity index (χ3n) is 2.76. The Balaban J connectivity index is 2.40. The van der Waals surface area contributed by atoms with Crippen molar-refractivity contribution in [3.63, 3.8) is 0 Å². The molecular formula is C11H12O3. The zero-order valence-corrected chi connectivity index (χ0v) is 7.99. The Morgan fingerprint density at radius 2 is 2.21 bits per heavy atom. The Kier molecular flexibility index (Phi) is 1.95. The number of hydrogen-bond donors (Lipinski definition) is 1. The predicted molar refractivity (Wildman–Crippen MR) is 51.6 cm³/mol. The van der Waals surface area contributed by atoms with Crippen LogP contribution in [-0.2, 0) is 10.2 Å². The summed E-state index contributed by atoms with van der Waals surface area (Å²) in [4.78, 5) is 10.9. The highest BCUT2D eigenvalue weighted by molar-refractivity contribution is 5.75. The number of aldehydes is 1. The molecule has 0 bridgehead atoms. The van der Waals surface area contributed by atoms with Crippen molar-refractivity contribution >= 4 is 6.29 Å². The van der Waals surface area contributed by atoms with E-state index in [0.29, 0.717) is 11.3 Å². The molecule has 1 aromatic rings. The van der Waals surface area contributed by atoms with Crippen molar-refractivity contribution in [3.05, 3.63) is 23.8 Å². The molecular weight excluding hydrogens is 180 g/mol. The highest BCUT2D eigenvalue weighted by Crippen LogP contribution is 2.49. The van der Waals surface area contributed by atoms with Crippen molar-refractivity contribution in [2.45, 2.75) is 18.3 Å². The average Bonchev–Trinajstić information content (AvgIpc) is 2.98. The Morgan fingerprint density at radius 1 is 1.50 bits per heavy atom. The van der Waals surface area contributed by atoms with Gasteiger partial charge in [-0.3, -0.25) is 0 Å². The van der Waals surface area contributed by atoms with Crippen LogP contribution in [0.3, 0.4) is 0 Å². The maximum atomic E-state index is 10.9. The van der Waals surface area contributed by atoms with Crippen molar-refractivity contribution in [1.82, 2.24) is 0 Å². The molecule has 0 radical (unpaired) electrons. The Bertz CT molecular complexity index is 367. The lowest BCUT2D eigenvalue weighted by Crippen LogP contribution is -2.07. The van der Waals surface area contributed by atoms with Crippen molar-refractivity contribution in [3.8, 4) is 11.5 Å². The number of carbonyl (C=O) groups excluding carboxylic acids is 1. The van der Waals surface area contributed by atoms with Gasteiger partial charge in [-0.15, -0.1) is 0 Å². The summed E-state index contributed by atoms with van der Waals surface area (Å²) in [5, 5.41) is 9.69. The standard InChI is InChI=1S/C11H12O3/c1-14-8-2-3-9(10(13)6-8)11(7-12)4-5-11/h2-3,6-7,13H,4-5H2,1H3. The summed E-state index contributed by atoms with van der Waals surface area (Å²) in [6, 6.07) is 5.06. The van der Waals surface area contributed by atoms with Gasteiger partial charge in [0.2, 0.25) is 0 Å². The Labute approximate surface area is 82.3 Å². The van der Waals surface area contributed by atoms with Crippen molar-refractivity contribution < 1.29 is 14.6 Å². The molecule has 0 aromatic heterocycles. The fraction of sp³-hybridized carbons (Fsp3) is 0.364. The molecule has 0 spiro atoms. The van der Waals surface area contributed by atoms with Crippen LogP contribution in [0.2, 0.25) is 0 Å². The largest absolute Gasteiger partial charge is 0.507 e. The molecule has 0 heterocycles. The van der Waals surface area contributed by atoms with Crippen molar-refractivity contribution in [1.29, 1.82) is 0 Å². The SMILES string of the molecule is COc1ccc(C2(C=O)CC2)c(O)c1. The second kappa shape index (κ2) is 3.01. The predicted octanol–water partition coefficient (Wildman–Crippen LogP) is 1.63. The van der Waals surface area contributed by atoms with Crippen LogP contribution in [0.4, 0.5) is 0 Å². The first-order valence-electron chi connectivity index (χ1n) is 4.56. The van der Waals surface area contributed by atoms with Gasteiger partial charge >= 0.3 is 0 Å². The maximum absolute atomic E-state index is 10.9. The van der Waals surface area contributed by atoms with E-state index in [1.54, 1.807) is 25.3 Å². The van der Waals surface area contributed by atoms with Gasteiger partial charge in [0.1, 0.15) is 17.8 Å². The van der Waals surface area contributed by atoms with Crippen LogP contribution in [0.1, 0.15) is 18.4 Å². The zero-order chi connectivity index (χ0) is 10.2. The van der Waals surface area contributed by atoms with Gasteiger partial charge in [0, 0.05) is 11.6 Å². The van der Waals surface area contributed by atoms with E-state index in [-0.39, 0.29) is 5.75 Å². The summed E-state index contributed by atoms with van der Waals surface area (Å²) >= 11 is 0. The van der Waals surface area contributed by atoms with Crippen LogP contribution in [0.25, 0.3) is 0 Å². The minimum atomic E-state index is -0.420. The van der Waals surface area contributed by atoms with E-state index in [1.165, 1.54) is 0 Å². The first-order valence-corrected chi connectivity index (χ1v) is 4.56. The zero-order valence-electron chi connectivity index (χ0n) is 7.99. The van der Waals surface area contributed by atoms with E-state index < -0.39 is 5.41 Å². The Morgan fingerprint density at radius 3 is 2.64 bits per heavy atom. The highest BCUT2D eigenvalue weighted by Gasteiger charge is 2.45. The summed E-state index contributed by atoms with van der Waals surface area (Å²) in [6.07, 6.45) is 2.58. The van der Waals surface area contributed by atoms with Crippen LogP contribution in [0.5, 0.6) is 11.5 Å². The van der Waals surface area contributed by atoms with E-state index >= 15 is 0 Å². The molecule has 0 atom stereocenters. The van der Waals surface area contributed by atoms with E-state index in [0.717, 1.165) is 19.1 Å². The molecule has 1 fully saturated rings. The van der Waals surface area contributed by atoms with Crippen LogP contribution < -0.4 is 4.74 Å². The molecule has 3 heteroatoms. The molecule has 1 aliphatic carbocycles. The molecule has 74 valence electrons. The van der Waals surface area contributed by atoms with Crippen LogP contribution >= 0.6 is 0 Å². The average molecular weight is 192 g/mol. The lowest BCUT2D eigenvalue weighted by atomic mass is 9.97. The first kappa shape index (κ1) is 9.06. The number of ether oxygens (including phenoxy) is 1. The number of aromatic hydroxyl groups is 1. The number of carbonyl (C=O) groups is 1. The van der Waals surface area contributed by atoms with Gasteiger partial charge < -0.3 is 14.6 Å². The number of phenolic OH excluding ortho intramolecular Hbond substituents is 1. The van der Waals surface area contributed by atoms with Crippen LogP contribution in [-0.4, -0.2) is 18.5 Å². The third kappa shape index (κ3) is 1.25. The molecule has 0 saturated heterocycles. The van der Waals surface area contributed by atoms with Gasteiger partial charge in [0.15, 0.2) is 0 Å². The lowest BCUT2D eigenvalue weighted by Gasteiger charge is -2.10.